The molecule has 0 spiro atoms. The molecule has 144 valence electrons. The van der Waals surface area contributed by atoms with Gasteiger partial charge in [0.2, 0.25) is 0 Å². The maximum atomic E-state index is 12.3. The maximum absolute atomic E-state index is 12.3. The van der Waals surface area contributed by atoms with Gasteiger partial charge in [0.1, 0.15) is 11.4 Å². The number of nitrogens with one attached hydrogen (secondary N) is 2. The number of ether oxygens (including phenoxy) is 2. The molecule has 0 atom stereocenters. The number of alkyl carbamates (subject to hydrolysis) is 1. The molecule has 2 aromatic rings. The smallest absolute Gasteiger partial charge is 0.407 e. The van der Waals surface area contributed by atoms with Gasteiger partial charge in [-0.1, -0.05) is 24.3 Å². The van der Waals surface area contributed by atoms with E-state index in [1.165, 1.54) is 0 Å². The average molecular weight is 370 g/mol. The zero-order valence-corrected chi connectivity index (χ0v) is 16.2. The summed E-state index contributed by atoms with van der Waals surface area (Å²) in [5, 5.41) is 5.57. The number of benzene rings is 2. The summed E-state index contributed by atoms with van der Waals surface area (Å²) in [5.41, 5.74) is 1.86. The van der Waals surface area contributed by atoms with Gasteiger partial charge in [-0.05, 0) is 56.2 Å². The average Bonchev–Trinajstić information content (AvgIpc) is 2.63. The summed E-state index contributed by atoms with van der Waals surface area (Å²) >= 11 is 0. The van der Waals surface area contributed by atoms with E-state index in [4.69, 9.17) is 9.47 Å². The number of rotatable bonds is 6. The van der Waals surface area contributed by atoms with Crippen molar-refractivity contribution in [3.63, 3.8) is 0 Å². The zero-order valence-electron chi connectivity index (χ0n) is 16.2. The first-order chi connectivity index (χ1) is 12.8. The lowest BCUT2D eigenvalue weighted by Crippen LogP contribution is -2.32. The highest BCUT2D eigenvalue weighted by Crippen LogP contribution is 2.13. The Morgan fingerprint density at radius 2 is 1.59 bits per heavy atom. The number of carbonyl (C=O) groups excluding carboxylic acids is 2. The first kappa shape index (κ1) is 20.3. The molecule has 0 bridgehead atoms. The summed E-state index contributed by atoms with van der Waals surface area (Å²) in [7, 11) is 1.61. The number of amides is 2. The van der Waals surface area contributed by atoms with Crippen LogP contribution in [0.15, 0.2) is 48.5 Å². The molecule has 0 radical (unpaired) electrons. The molecule has 0 heterocycles. The Bertz CT molecular complexity index is 780. The van der Waals surface area contributed by atoms with Gasteiger partial charge >= 0.3 is 6.09 Å². The Morgan fingerprint density at radius 3 is 2.22 bits per heavy atom. The first-order valence-corrected chi connectivity index (χ1v) is 8.74. The summed E-state index contributed by atoms with van der Waals surface area (Å²) in [6, 6.07) is 14.6. The van der Waals surface area contributed by atoms with Crippen LogP contribution < -0.4 is 15.4 Å². The molecule has 2 rings (SSSR count). The number of hydrogen-bond donors (Lipinski definition) is 2. The van der Waals surface area contributed by atoms with E-state index < -0.39 is 11.7 Å². The monoisotopic (exact) mass is 370 g/mol. The predicted octanol–water partition coefficient (Wildman–Crippen LogP) is 3.65. The van der Waals surface area contributed by atoms with E-state index in [9.17, 15) is 9.59 Å². The molecule has 0 saturated carbocycles. The molecule has 0 aliphatic rings. The van der Waals surface area contributed by atoms with Crippen molar-refractivity contribution in [1.29, 1.82) is 0 Å². The van der Waals surface area contributed by atoms with E-state index in [0.717, 1.165) is 16.9 Å². The first-order valence-electron chi connectivity index (χ1n) is 8.74. The summed E-state index contributed by atoms with van der Waals surface area (Å²) in [6.07, 6.45) is -0.470. The van der Waals surface area contributed by atoms with Crippen molar-refractivity contribution in [1.82, 2.24) is 10.6 Å². The van der Waals surface area contributed by atoms with Crippen LogP contribution >= 0.6 is 0 Å². The molecular weight excluding hydrogens is 344 g/mol. The Kier molecular flexibility index (Phi) is 6.82. The lowest BCUT2D eigenvalue weighted by molar-refractivity contribution is 0.0523. The molecule has 6 nitrogen and oxygen atoms in total. The normalized spacial score (nSPS) is 10.8. The highest BCUT2D eigenvalue weighted by atomic mass is 16.6. The van der Waals surface area contributed by atoms with Gasteiger partial charge in [-0.2, -0.15) is 0 Å². The lowest BCUT2D eigenvalue weighted by Gasteiger charge is -2.19. The molecule has 27 heavy (non-hydrogen) atoms. The van der Waals surface area contributed by atoms with Gasteiger partial charge in [0.15, 0.2) is 0 Å². The second-order valence-corrected chi connectivity index (χ2v) is 7.09. The van der Waals surface area contributed by atoms with Crippen molar-refractivity contribution in [2.45, 2.75) is 39.5 Å². The van der Waals surface area contributed by atoms with Crippen molar-refractivity contribution >= 4 is 12.0 Å². The fourth-order valence-electron chi connectivity index (χ4n) is 2.33. The topological polar surface area (TPSA) is 76.7 Å². The Morgan fingerprint density at radius 1 is 0.926 bits per heavy atom. The molecule has 2 amide bonds. The summed E-state index contributed by atoms with van der Waals surface area (Å²) in [6.45, 7) is 6.18. The van der Waals surface area contributed by atoms with Crippen LogP contribution in [-0.4, -0.2) is 24.7 Å². The van der Waals surface area contributed by atoms with Gasteiger partial charge in [0.25, 0.3) is 5.91 Å². The second kappa shape index (κ2) is 9.07. The van der Waals surface area contributed by atoms with Crippen LogP contribution in [0.2, 0.25) is 0 Å². The molecule has 0 aromatic heterocycles. The SMILES string of the molecule is COc1cccc(CNC(=O)c2ccc(CNC(=O)OC(C)(C)C)cc2)c1. The number of hydrogen-bond acceptors (Lipinski definition) is 4. The standard InChI is InChI=1S/C21H26N2O4/c1-21(2,3)27-20(25)23-13-15-8-10-17(11-9-15)19(24)22-14-16-6-5-7-18(12-16)26-4/h5-12H,13-14H2,1-4H3,(H,22,24)(H,23,25). The maximum Gasteiger partial charge on any atom is 0.407 e. The molecule has 6 heteroatoms. The molecule has 0 unspecified atom stereocenters. The van der Waals surface area contributed by atoms with Gasteiger partial charge in [-0.3, -0.25) is 4.79 Å². The van der Waals surface area contributed by atoms with Gasteiger partial charge < -0.3 is 20.1 Å². The van der Waals surface area contributed by atoms with Gasteiger partial charge in [-0.15, -0.1) is 0 Å². The van der Waals surface area contributed by atoms with Crippen LogP contribution in [0.25, 0.3) is 0 Å². The highest BCUT2D eigenvalue weighted by Gasteiger charge is 2.15. The molecular formula is C21H26N2O4. The van der Waals surface area contributed by atoms with Crippen LogP contribution in [-0.2, 0) is 17.8 Å². The van der Waals surface area contributed by atoms with Gasteiger partial charge in [0, 0.05) is 18.7 Å². The van der Waals surface area contributed by atoms with Crippen LogP contribution in [0, 0.1) is 0 Å². The Balaban J connectivity index is 1.85. The largest absolute Gasteiger partial charge is 0.497 e. The molecule has 0 aliphatic carbocycles. The van der Waals surface area contributed by atoms with E-state index >= 15 is 0 Å². The van der Waals surface area contributed by atoms with E-state index in [2.05, 4.69) is 10.6 Å². The van der Waals surface area contributed by atoms with E-state index in [1.54, 1.807) is 31.4 Å². The minimum absolute atomic E-state index is 0.163. The van der Waals surface area contributed by atoms with Gasteiger partial charge in [-0.25, -0.2) is 4.79 Å². The Hall–Kier alpha value is -3.02. The van der Waals surface area contributed by atoms with Crippen molar-refractivity contribution < 1.29 is 19.1 Å². The van der Waals surface area contributed by atoms with Crippen molar-refractivity contribution in [2.75, 3.05) is 7.11 Å². The fourth-order valence-corrected chi connectivity index (χ4v) is 2.33. The summed E-state index contributed by atoms with van der Waals surface area (Å²) < 4.78 is 10.4. The van der Waals surface area contributed by atoms with E-state index in [1.807, 2.05) is 45.0 Å². The minimum atomic E-state index is -0.533. The van der Waals surface area contributed by atoms with Crippen LogP contribution in [0.3, 0.4) is 0 Å². The molecule has 0 fully saturated rings. The Labute approximate surface area is 159 Å². The fraction of sp³-hybridized carbons (Fsp3) is 0.333. The van der Waals surface area contributed by atoms with Crippen LogP contribution in [0.1, 0.15) is 42.3 Å². The van der Waals surface area contributed by atoms with Crippen LogP contribution in [0.4, 0.5) is 4.79 Å². The van der Waals surface area contributed by atoms with E-state index in [-0.39, 0.29) is 5.91 Å². The molecule has 0 saturated heterocycles. The third-order valence-corrected chi connectivity index (χ3v) is 3.64. The quantitative estimate of drug-likeness (QED) is 0.814. The minimum Gasteiger partial charge on any atom is -0.497 e. The predicted molar refractivity (Wildman–Crippen MR) is 104 cm³/mol. The number of carbonyl (C=O) groups is 2. The summed E-state index contributed by atoms with van der Waals surface area (Å²) in [4.78, 5) is 23.9. The lowest BCUT2D eigenvalue weighted by atomic mass is 10.1. The van der Waals surface area contributed by atoms with E-state index in [0.29, 0.717) is 18.7 Å². The molecule has 2 N–H and O–H groups in total. The second-order valence-electron chi connectivity index (χ2n) is 7.09. The third kappa shape index (κ3) is 7.01. The third-order valence-electron chi connectivity index (χ3n) is 3.64. The van der Waals surface area contributed by atoms with Crippen molar-refractivity contribution in [3.8, 4) is 5.75 Å². The van der Waals surface area contributed by atoms with Crippen molar-refractivity contribution in [2.24, 2.45) is 0 Å². The van der Waals surface area contributed by atoms with Crippen molar-refractivity contribution in [3.05, 3.63) is 65.2 Å². The number of methoxy groups -OCH3 is 1. The van der Waals surface area contributed by atoms with Gasteiger partial charge in [0.05, 0.1) is 7.11 Å². The highest BCUT2D eigenvalue weighted by molar-refractivity contribution is 5.94. The van der Waals surface area contributed by atoms with Crippen LogP contribution in [0.5, 0.6) is 5.75 Å². The summed E-state index contributed by atoms with van der Waals surface area (Å²) in [5.74, 6) is 0.591. The molecule has 0 aliphatic heterocycles. The molecule has 2 aromatic carbocycles. The zero-order chi connectivity index (χ0) is 19.9.